The lowest BCUT2D eigenvalue weighted by atomic mass is 10.0. The number of nitrogens with zero attached hydrogens (tertiary/aromatic N) is 1. The molecular formula is C13H18N2O4S. The zero-order valence-electron chi connectivity index (χ0n) is 11.4. The number of sulfonamides is 1. The fourth-order valence-electron chi connectivity index (χ4n) is 2.63. The SMILES string of the molecule is CNS(=O)(=O)c1ccccc1N1CCC(C)C1C(=O)O. The Bertz CT molecular complexity index is 615. The molecule has 6 nitrogen and oxygen atoms in total. The molecule has 2 rings (SSSR count). The van der Waals surface area contributed by atoms with Gasteiger partial charge < -0.3 is 10.0 Å². The second-order valence-corrected chi connectivity index (χ2v) is 6.77. The average molecular weight is 298 g/mol. The number of carboxylic acid groups (broad SMARTS) is 1. The van der Waals surface area contributed by atoms with Crippen LogP contribution < -0.4 is 9.62 Å². The van der Waals surface area contributed by atoms with Crippen LogP contribution in [0.2, 0.25) is 0 Å². The first-order valence-corrected chi connectivity index (χ1v) is 7.89. The van der Waals surface area contributed by atoms with Gasteiger partial charge in [0.1, 0.15) is 10.9 Å². The van der Waals surface area contributed by atoms with Gasteiger partial charge in [-0.1, -0.05) is 19.1 Å². The van der Waals surface area contributed by atoms with E-state index in [0.29, 0.717) is 12.2 Å². The quantitative estimate of drug-likeness (QED) is 0.862. The highest BCUT2D eigenvalue weighted by Gasteiger charge is 2.38. The molecule has 0 bridgehead atoms. The van der Waals surface area contributed by atoms with Gasteiger partial charge in [-0.2, -0.15) is 0 Å². The van der Waals surface area contributed by atoms with Crippen molar-refractivity contribution in [2.24, 2.45) is 5.92 Å². The highest BCUT2D eigenvalue weighted by molar-refractivity contribution is 7.89. The van der Waals surface area contributed by atoms with Gasteiger partial charge in [0.15, 0.2) is 0 Å². The Kier molecular flexibility index (Phi) is 4.01. The van der Waals surface area contributed by atoms with Gasteiger partial charge in [-0.15, -0.1) is 0 Å². The smallest absolute Gasteiger partial charge is 0.326 e. The standard InChI is InChI=1S/C13H18N2O4S/c1-9-7-8-15(12(9)13(16)17)10-5-3-4-6-11(10)20(18,19)14-2/h3-6,9,12,14H,7-8H2,1-2H3,(H,16,17). The number of rotatable bonds is 4. The number of nitrogens with one attached hydrogen (secondary N) is 1. The van der Waals surface area contributed by atoms with Gasteiger partial charge in [-0.05, 0) is 31.5 Å². The number of carboxylic acids is 1. The molecule has 110 valence electrons. The summed E-state index contributed by atoms with van der Waals surface area (Å²) in [4.78, 5) is 13.2. The van der Waals surface area contributed by atoms with E-state index in [9.17, 15) is 18.3 Å². The number of para-hydroxylation sites is 1. The van der Waals surface area contributed by atoms with Crippen LogP contribution in [0.1, 0.15) is 13.3 Å². The predicted octanol–water partition coefficient (Wildman–Crippen LogP) is 0.894. The predicted molar refractivity (Wildman–Crippen MR) is 75.2 cm³/mol. The molecule has 1 aliphatic heterocycles. The van der Waals surface area contributed by atoms with Gasteiger partial charge in [0, 0.05) is 6.54 Å². The lowest BCUT2D eigenvalue weighted by Gasteiger charge is -2.27. The molecule has 2 N–H and O–H groups in total. The molecule has 1 aliphatic rings. The van der Waals surface area contributed by atoms with Crippen molar-refractivity contribution in [2.45, 2.75) is 24.3 Å². The van der Waals surface area contributed by atoms with Crippen molar-refractivity contribution in [1.29, 1.82) is 0 Å². The first-order valence-electron chi connectivity index (χ1n) is 6.40. The van der Waals surface area contributed by atoms with Gasteiger partial charge in [-0.25, -0.2) is 17.9 Å². The van der Waals surface area contributed by atoms with Crippen molar-refractivity contribution in [3.63, 3.8) is 0 Å². The van der Waals surface area contributed by atoms with Gasteiger partial charge in [0.25, 0.3) is 0 Å². The van der Waals surface area contributed by atoms with E-state index in [1.807, 2.05) is 6.92 Å². The highest BCUT2D eigenvalue weighted by atomic mass is 32.2. The van der Waals surface area contributed by atoms with Crippen LogP contribution >= 0.6 is 0 Å². The van der Waals surface area contributed by atoms with Crippen molar-refractivity contribution >= 4 is 21.7 Å². The number of benzene rings is 1. The number of hydrogen-bond donors (Lipinski definition) is 2. The summed E-state index contributed by atoms with van der Waals surface area (Å²) < 4.78 is 26.4. The Morgan fingerprint density at radius 2 is 2.05 bits per heavy atom. The summed E-state index contributed by atoms with van der Waals surface area (Å²) in [7, 11) is -2.28. The third kappa shape index (κ3) is 2.51. The molecule has 1 aromatic rings. The molecule has 20 heavy (non-hydrogen) atoms. The Labute approximate surface area is 118 Å². The lowest BCUT2D eigenvalue weighted by Crippen LogP contribution is -2.40. The van der Waals surface area contributed by atoms with E-state index in [1.54, 1.807) is 23.1 Å². The van der Waals surface area contributed by atoms with E-state index >= 15 is 0 Å². The summed E-state index contributed by atoms with van der Waals surface area (Å²) in [5.41, 5.74) is 0.443. The van der Waals surface area contributed by atoms with Crippen LogP contribution in [-0.4, -0.2) is 39.1 Å². The maximum absolute atomic E-state index is 12.1. The van der Waals surface area contributed by atoms with Crippen LogP contribution in [0.25, 0.3) is 0 Å². The largest absolute Gasteiger partial charge is 0.480 e. The van der Waals surface area contributed by atoms with Crippen LogP contribution in [0.5, 0.6) is 0 Å². The van der Waals surface area contributed by atoms with E-state index in [-0.39, 0.29) is 10.8 Å². The Hall–Kier alpha value is -1.60. The summed E-state index contributed by atoms with van der Waals surface area (Å²) in [5.74, 6) is -0.940. The fraction of sp³-hybridized carbons (Fsp3) is 0.462. The number of aliphatic carboxylic acids is 1. The van der Waals surface area contributed by atoms with Crippen molar-refractivity contribution in [3.05, 3.63) is 24.3 Å². The molecule has 2 unspecified atom stereocenters. The molecule has 0 spiro atoms. The maximum Gasteiger partial charge on any atom is 0.326 e. The minimum absolute atomic E-state index is 0.0159. The minimum atomic E-state index is -3.62. The molecule has 1 heterocycles. The summed E-state index contributed by atoms with van der Waals surface area (Å²) in [5, 5.41) is 9.36. The molecule has 7 heteroatoms. The lowest BCUT2D eigenvalue weighted by molar-refractivity contribution is -0.139. The van der Waals surface area contributed by atoms with Crippen molar-refractivity contribution in [2.75, 3.05) is 18.5 Å². The first kappa shape index (κ1) is 14.8. The maximum atomic E-state index is 12.1. The zero-order chi connectivity index (χ0) is 14.9. The van der Waals surface area contributed by atoms with Crippen molar-refractivity contribution in [3.8, 4) is 0 Å². The highest BCUT2D eigenvalue weighted by Crippen LogP contribution is 2.33. The Balaban J connectivity index is 2.51. The van der Waals surface area contributed by atoms with Crippen LogP contribution in [-0.2, 0) is 14.8 Å². The summed E-state index contributed by atoms with van der Waals surface area (Å²) in [6.45, 7) is 2.41. The van der Waals surface area contributed by atoms with Crippen LogP contribution in [0, 0.1) is 5.92 Å². The van der Waals surface area contributed by atoms with Gasteiger partial charge in [0.05, 0.1) is 5.69 Å². The van der Waals surface area contributed by atoms with Crippen LogP contribution in [0.15, 0.2) is 29.2 Å². The van der Waals surface area contributed by atoms with Crippen LogP contribution in [0.4, 0.5) is 5.69 Å². The molecule has 0 radical (unpaired) electrons. The monoisotopic (exact) mass is 298 g/mol. The zero-order valence-corrected chi connectivity index (χ0v) is 12.2. The topological polar surface area (TPSA) is 86.7 Å². The summed E-state index contributed by atoms with van der Waals surface area (Å²) in [6.07, 6.45) is 0.727. The average Bonchev–Trinajstić information content (AvgIpc) is 2.80. The Morgan fingerprint density at radius 3 is 2.65 bits per heavy atom. The number of anilines is 1. The third-order valence-corrected chi connectivity index (χ3v) is 5.15. The molecule has 1 saturated heterocycles. The molecule has 0 aliphatic carbocycles. The van der Waals surface area contributed by atoms with Crippen molar-refractivity contribution < 1.29 is 18.3 Å². The molecule has 2 atom stereocenters. The van der Waals surface area contributed by atoms with E-state index in [2.05, 4.69) is 4.72 Å². The molecule has 0 amide bonds. The van der Waals surface area contributed by atoms with E-state index in [1.165, 1.54) is 13.1 Å². The first-order chi connectivity index (χ1) is 9.38. The van der Waals surface area contributed by atoms with E-state index in [4.69, 9.17) is 0 Å². The Morgan fingerprint density at radius 1 is 1.40 bits per heavy atom. The second-order valence-electron chi connectivity index (χ2n) is 4.92. The second kappa shape index (κ2) is 5.41. The molecule has 1 aromatic carbocycles. The van der Waals surface area contributed by atoms with Crippen molar-refractivity contribution in [1.82, 2.24) is 4.72 Å². The molecular weight excluding hydrogens is 280 g/mol. The van der Waals surface area contributed by atoms with E-state index in [0.717, 1.165) is 6.42 Å². The normalized spacial score (nSPS) is 23.0. The van der Waals surface area contributed by atoms with Gasteiger partial charge in [-0.3, -0.25) is 0 Å². The summed E-state index contributed by atoms with van der Waals surface area (Å²) in [6, 6.07) is 5.79. The number of carbonyl (C=O) groups is 1. The molecule has 0 aromatic heterocycles. The van der Waals surface area contributed by atoms with Crippen LogP contribution in [0.3, 0.4) is 0 Å². The summed E-state index contributed by atoms with van der Waals surface area (Å²) >= 11 is 0. The fourth-order valence-corrected chi connectivity index (χ4v) is 3.56. The third-order valence-electron chi connectivity index (χ3n) is 3.69. The van der Waals surface area contributed by atoms with E-state index < -0.39 is 22.0 Å². The number of hydrogen-bond acceptors (Lipinski definition) is 4. The van der Waals surface area contributed by atoms with Gasteiger partial charge >= 0.3 is 5.97 Å². The molecule has 1 fully saturated rings. The van der Waals surface area contributed by atoms with Gasteiger partial charge in [0.2, 0.25) is 10.0 Å². The molecule has 0 saturated carbocycles. The minimum Gasteiger partial charge on any atom is -0.480 e.